The Labute approximate surface area is 149 Å². The van der Waals surface area contributed by atoms with E-state index in [1.165, 1.54) is 17.7 Å². The van der Waals surface area contributed by atoms with Gasteiger partial charge in [0.05, 0.1) is 6.04 Å². The number of nitrogens with one attached hydrogen (secondary N) is 3. The smallest absolute Gasteiger partial charge is 0.325 e. The second-order valence-electron chi connectivity index (χ2n) is 6.62. The molecule has 6 nitrogen and oxygen atoms in total. The van der Waals surface area contributed by atoms with E-state index in [4.69, 9.17) is 0 Å². The summed E-state index contributed by atoms with van der Waals surface area (Å²) in [5, 5.41) is 5.20. The van der Waals surface area contributed by atoms with Crippen LogP contribution in [0.5, 0.6) is 0 Å². The molecule has 7 heteroatoms. The quantitative estimate of drug-likeness (QED) is 0.737. The molecule has 2 heterocycles. The van der Waals surface area contributed by atoms with Crippen LogP contribution < -0.4 is 16.6 Å². The number of aromatic nitrogens is 2. The third-order valence-corrected chi connectivity index (χ3v) is 5.85. The standard InChI is InChI=1S/C18H23N3O3S/c1-11-13(17(23)21-18(24)19-11)8-9-15(22)20-16(12-5-2-3-6-12)14-7-4-10-25-14/h4,7,10,12,16H,2-3,5-6,8-9H2,1H3,(H,20,22)(H2,19,21,23,24)/t16-/m1/s1. The lowest BCUT2D eigenvalue weighted by molar-refractivity contribution is -0.122. The number of carbonyl (C=O) groups excluding carboxylic acids is 1. The molecule has 0 saturated heterocycles. The van der Waals surface area contributed by atoms with Crippen molar-refractivity contribution < 1.29 is 4.79 Å². The molecule has 1 fully saturated rings. The third kappa shape index (κ3) is 4.28. The van der Waals surface area contributed by atoms with E-state index in [9.17, 15) is 14.4 Å². The molecule has 134 valence electrons. The second kappa shape index (κ2) is 7.82. The predicted molar refractivity (Wildman–Crippen MR) is 97.9 cm³/mol. The van der Waals surface area contributed by atoms with Gasteiger partial charge in [-0.1, -0.05) is 18.9 Å². The van der Waals surface area contributed by atoms with Crippen LogP contribution in [-0.2, 0) is 11.2 Å². The summed E-state index contributed by atoms with van der Waals surface area (Å²) in [6, 6.07) is 4.15. The van der Waals surface area contributed by atoms with Crippen molar-refractivity contribution in [1.29, 1.82) is 0 Å². The normalized spacial score (nSPS) is 16.0. The van der Waals surface area contributed by atoms with Crippen LogP contribution in [0.2, 0.25) is 0 Å². The zero-order chi connectivity index (χ0) is 17.8. The second-order valence-corrected chi connectivity index (χ2v) is 7.60. The van der Waals surface area contributed by atoms with Crippen LogP contribution in [0.1, 0.15) is 54.3 Å². The van der Waals surface area contributed by atoms with Gasteiger partial charge in [-0.2, -0.15) is 0 Å². The molecule has 1 atom stereocenters. The van der Waals surface area contributed by atoms with Gasteiger partial charge in [0.2, 0.25) is 5.91 Å². The number of aromatic amines is 2. The van der Waals surface area contributed by atoms with Crippen LogP contribution in [0, 0.1) is 12.8 Å². The van der Waals surface area contributed by atoms with E-state index in [2.05, 4.69) is 21.4 Å². The number of thiophene rings is 1. The number of hydrogen-bond donors (Lipinski definition) is 3. The highest BCUT2D eigenvalue weighted by atomic mass is 32.1. The Morgan fingerprint density at radius 2 is 2.08 bits per heavy atom. The highest BCUT2D eigenvalue weighted by Gasteiger charge is 2.28. The Morgan fingerprint density at radius 1 is 1.32 bits per heavy atom. The van der Waals surface area contributed by atoms with Crippen LogP contribution in [0.15, 0.2) is 27.1 Å². The summed E-state index contributed by atoms with van der Waals surface area (Å²) in [5.74, 6) is 0.427. The molecule has 2 aromatic heterocycles. The first-order chi connectivity index (χ1) is 12.0. The summed E-state index contributed by atoms with van der Waals surface area (Å²) >= 11 is 1.67. The Kier molecular flexibility index (Phi) is 5.53. The van der Waals surface area contributed by atoms with Crippen LogP contribution in [-0.4, -0.2) is 15.9 Å². The minimum atomic E-state index is -0.519. The summed E-state index contributed by atoms with van der Waals surface area (Å²) < 4.78 is 0. The van der Waals surface area contributed by atoms with Crippen molar-refractivity contribution in [1.82, 2.24) is 15.3 Å². The highest BCUT2D eigenvalue weighted by molar-refractivity contribution is 7.10. The number of rotatable bonds is 6. The molecule has 1 aliphatic carbocycles. The molecule has 0 aliphatic heterocycles. The van der Waals surface area contributed by atoms with Gasteiger partial charge < -0.3 is 10.3 Å². The van der Waals surface area contributed by atoms with Gasteiger partial charge in [-0.25, -0.2) is 4.79 Å². The third-order valence-electron chi connectivity index (χ3n) is 4.89. The molecule has 2 aromatic rings. The minimum Gasteiger partial charge on any atom is -0.348 e. The van der Waals surface area contributed by atoms with Gasteiger partial charge >= 0.3 is 5.69 Å². The number of hydrogen-bond acceptors (Lipinski definition) is 4. The number of carbonyl (C=O) groups is 1. The van der Waals surface area contributed by atoms with Gasteiger partial charge in [0.1, 0.15) is 0 Å². The van der Waals surface area contributed by atoms with Crippen LogP contribution in [0.3, 0.4) is 0 Å². The molecule has 0 aromatic carbocycles. The van der Waals surface area contributed by atoms with E-state index in [1.807, 2.05) is 11.4 Å². The first-order valence-electron chi connectivity index (χ1n) is 8.69. The topological polar surface area (TPSA) is 94.8 Å². The molecule has 3 N–H and O–H groups in total. The highest BCUT2D eigenvalue weighted by Crippen LogP contribution is 2.37. The maximum absolute atomic E-state index is 12.5. The molecule has 3 rings (SSSR count). The molecule has 0 unspecified atom stereocenters. The summed E-state index contributed by atoms with van der Waals surface area (Å²) in [6.07, 6.45) is 5.25. The number of amides is 1. The first kappa shape index (κ1) is 17.7. The zero-order valence-corrected chi connectivity index (χ0v) is 15.1. The van der Waals surface area contributed by atoms with Crippen molar-refractivity contribution in [3.8, 4) is 0 Å². The van der Waals surface area contributed by atoms with Gasteiger partial charge in [0.15, 0.2) is 0 Å². The molecular weight excluding hydrogens is 338 g/mol. The van der Waals surface area contributed by atoms with Gasteiger partial charge in [0, 0.05) is 22.6 Å². The Hall–Kier alpha value is -2.15. The fourth-order valence-electron chi connectivity index (χ4n) is 3.59. The zero-order valence-electron chi connectivity index (χ0n) is 14.3. The van der Waals surface area contributed by atoms with Crippen molar-refractivity contribution in [2.24, 2.45) is 5.92 Å². The Bertz CT molecular complexity index is 832. The van der Waals surface area contributed by atoms with Gasteiger partial charge in [-0.3, -0.25) is 14.6 Å². The number of H-pyrrole nitrogens is 2. The van der Waals surface area contributed by atoms with Crippen molar-refractivity contribution in [3.63, 3.8) is 0 Å². The minimum absolute atomic E-state index is 0.0599. The van der Waals surface area contributed by atoms with Gasteiger partial charge in [-0.05, 0) is 43.6 Å². The van der Waals surface area contributed by atoms with Crippen LogP contribution in [0.25, 0.3) is 0 Å². The summed E-state index contributed by atoms with van der Waals surface area (Å²) in [5.41, 5.74) is 0.0461. The molecule has 0 spiro atoms. The maximum Gasteiger partial charge on any atom is 0.325 e. The average Bonchev–Trinajstić information content (AvgIpc) is 3.25. The van der Waals surface area contributed by atoms with Crippen LogP contribution >= 0.6 is 11.3 Å². The summed E-state index contributed by atoms with van der Waals surface area (Å²) in [4.78, 5) is 41.6. The SMILES string of the molecule is Cc1[nH]c(=O)[nH]c(=O)c1CCC(=O)N[C@@H](c1cccs1)C1CCCC1. The van der Waals surface area contributed by atoms with Crippen molar-refractivity contribution >= 4 is 17.2 Å². The van der Waals surface area contributed by atoms with E-state index in [0.29, 0.717) is 23.6 Å². The maximum atomic E-state index is 12.5. The van der Waals surface area contributed by atoms with E-state index in [-0.39, 0.29) is 18.4 Å². The molecule has 25 heavy (non-hydrogen) atoms. The summed E-state index contributed by atoms with van der Waals surface area (Å²) in [6.45, 7) is 1.68. The average molecular weight is 361 g/mol. The van der Waals surface area contributed by atoms with Gasteiger partial charge in [0.25, 0.3) is 5.56 Å². The first-order valence-corrected chi connectivity index (χ1v) is 9.57. The largest absolute Gasteiger partial charge is 0.348 e. The Morgan fingerprint density at radius 3 is 2.72 bits per heavy atom. The molecule has 1 saturated carbocycles. The summed E-state index contributed by atoms with van der Waals surface area (Å²) in [7, 11) is 0. The fraction of sp³-hybridized carbons (Fsp3) is 0.500. The Balaban J connectivity index is 1.66. The lowest BCUT2D eigenvalue weighted by atomic mass is 9.96. The number of aryl methyl sites for hydroxylation is 1. The lowest BCUT2D eigenvalue weighted by Gasteiger charge is -2.23. The molecule has 1 aliphatic rings. The van der Waals surface area contributed by atoms with Gasteiger partial charge in [-0.15, -0.1) is 11.3 Å². The van der Waals surface area contributed by atoms with Crippen molar-refractivity contribution in [2.75, 3.05) is 0 Å². The van der Waals surface area contributed by atoms with Crippen molar-refractivity contribution in [2.45, 2.75) is 51.5 Å². The van der Waals surface area contributed by atoms with E-state index in [0.717, 1.165) is 12.8 Å². The molecule has 1 amide bonds. The van der Waals surface area contributed by atoms with E-state index in [1.54, 1.807) is 18.3 Å². The van der Waals surface area contributed by atoms with E-state index < -0.39 is 11.2 Å². The van der Waals surface area contributed by atoms with Crippen molar-refractivity contribution in [3.05, 3.63) is 54.5 Å². The fourth-order valence-corrected chi connectivity index (χ4v) is 4.46. The lowest BCUT2D eigenvalue weighted by Crippen LogP contribution is -2.33. The molecular formula is C18H23N3O3S. The van der Waals surface area contributed by atoms with E-state index >= 15 is 0 Å². The van der Waals surface area contributed by atoms with Crippen LogP contribution in [0.4, 0.5) is 0 Å². The molecule has 0 bridgehead atoms. The predicted octanol–water partition coefficient (Wildman–Crippen LogP) is 2.41. The monoisotopic (exact) mass is 361 g/mol. The molecule has 0 radical (unpaired) electrons.